The van der Waals surface area contributed by atoms with E-state index in [1.165, 1.54) is 10.4 Å². The first-order valence-corrected chi connectivity index (χ1v) is 8.60. The van der Waals surface area contributed by atoms with Crippen LogP contribution in [0.3, 0.4) is 0 Å². The van der Waals surface area contributed by atoms with E-state index in [1.54, 1.807) is 22.2 Å². The van der Waals surface area contributed by atoms with Gasteiger partial charge in [-0.05, 0) is 19.4 Å². The molecular formula is C15H20N5O2S+. The van der Waals surface area contributed by atoms with E-state index in [0.717, 1.165) is 28.1 Å². The highest BCUT2D eigenvalue weighted by Gasteiger charge is 2.30. The van der Waals surface area contributed by atoms with Crippen molar-refractivity contribution >= 4 is 27.2 Å². The third-order valence-corrected chi connectivity index (χ3v) is 5.23. The highest BCUT2D eigenvalue weighted by Crippen LogP contribution is 2.39. The molecule has 0 saturated carbocycles. The van der Waals surface area contributed by atoms with Crippen LogP contribution in [0.25, 0.3) is 15.9 Å². The third-order valence-electron chi connectivity index (χ3n) is 4.11. The van der Waals surface area contributed by atoms with Crippen molar-refractivity contribution in [1.82, 2.24) is 19.6 Å². The maximum absolute atomic E-state index is 8.88. The Hall–Kier alpha value is -1.61. The summed E-state index contributed by atoms with van der Waals surface area (Å²) < 4.78 is 7.68. The Morgan fingerprint density at radius 1 is 1.48 bits per heavy atom. The number of hydrogen-bond acceptors (Lipinski definition) is 6. The predicted octanol–water partition coefficient (Wildman–Crippen LogP) is 0.246. The Labute approximate surface area is 137 Å². The average Bonchev–Trinajstić information content (AvgIpc) is 3.06. The quantitative estimate of drug-likeness (QED) is 0.668. The zero-order chi connectivity index (χ0) is 16.0. The zero-order valence-corrected chi connectivity index (χ0v) is 14.1. The zero-order valence-electron chi connectivity index (χ0n) is 13.2. The van der Waals surface area contributed by atoms with Crippen molar-refractivity contribution in [2.75, 3.05) is 13.2 Å². The van der Waals surface area contributed by atoms with Crippen molar-refractivity contribution in [3.05, 3.63) is 22.6 Å². The average molecular weight is 334 g/mol. The number of quaternary nitrogens is 1. The van der Waals surface area contributed by atoms with E-state index in [-0.39, 0.29) is 12.2 Å². The van der Waals surface area contributed by atoms with E-state index >= 15 is 0 Å². The number of hydrogen-bond donors (Lipinski definition) is 2. The molecule has 23 heavy (non-hydrogen) atoms. The molecule has 0 bridgehead atoms. The molecule has 0 fully saturated rings. The molecule has 3 aromatic heterocycles. The molecule has 7 nitrogen and oxygen atoms in total. The normalized spacial score (nSPS) is 17.0. The fourth-order valence-electron chi connectivity index (χ4n) is 3.00. The van der Waals surface area contributed by atoms with Gasteiger partial charge < -0.3 is 15.2 Å². The lowest BCUT2D eigenvalue weighted by molar-refractivity contribution is -0.672. The summed E-state index contributed by atoms with van der Waals surface area (Å²) in [4.78, 5) is 11.5. The van der Waals surface area contributed by atoms with Crippen LogP contribution in [0.2, 0.25) is 0 Å². The molecule has 0 aromatic carbocycles. The number of nitrogens with two attached hydrogens (primary N) is 1. The van der Waals surface area contributed by atoms with Crippen LogP contribution in [0.1, 0.15) is 30.1 Å². The number of nitrogens with zero attached hydrogens (tertiary/aromatic N) is 4. The topological polar surface area (TPSA) is 89.2 Å². The first kappa shape index (κ1) is 14.9. The summed E-state index contributed by atoms with van der Waals surface area (Å²) >= 11 is 1.69. The molecule has 3 aromatic rings. The fraction of sp³-hybridized carbons (Fsp3) is 0.533. The molecule has 8 heteroatoms. The summed E-state index contributed by atoms with van der Waals surface area (Å²) in [6.07, 6.45) is 2.59. The van der Waals surface area contributed by atoms with E-state index in [2.05, 4.69) is 23.9 Å². The van der Waals surface area contributed by atoms with Crippen LogP contribution in [0.4, 0.5) is 0 Å². The van der Waals surface area contributed by atoms with Crippen molar-refractivity contribution in [1.29, 1.82) is 0 Å². The molecule has 122 valence electrons. The molecule has 1 aliphatic rings. The van der Waals surface area contributed by atoms with Gasteiger partial charge in [0.1, 0.15) is 17.7 Å². The minimum absolute atomic E-state index is 0.159. The van der Waals surface area contributed by atoms with E-state index in [0.29, 0.717) is 19.7 Å². The van der Waals surface area contributed by atoms with Crippen molar-refractivity contribution in [3.63, 3.8) is 0 Å². The molecule has 3 N–H and O–H groups in total. The summed E-state index contributed by atoms with van der Waals surface area (Å²) in [5.41, 5.74) is 2.02. The van der Waals surface area contributed by atoms with Gasteiger partial charge in [-0.25, -0.2) is 14.5 Å². The summed E-state index contributed by atoms with van der Waals surface area (Å²) in [7, 11) is 0. The number of rotatable bonds is 4. The van der Waals surface area contributed by atoms with Gasteiger partial charge in [0.2, 0.25) is 5.82 Å². The van der Waals surface area contributed by atoms with Crippen molar-refractivity contribution in [2.45, 2.75) is 39.0 Å². The van der Waals surface area contributed by atoms with Crippen LogP contribution < -0.4 is 5.32 Å². The Bertz CT molecular complexity index is 870. The Morgan fingerprint density at radius 3 is 3.17 bits per heavy atom. The maximum atomic E-state index is 8.88. The predicted molar refractivity (Wildman–Crippen MR) is 86.3 cm³/mol. The van der Waals surface area contributed by atoms with E-state index in [1.807, 2.05) is 5.32 Å². The summed E-state index contributed by atoms with van der Waals surface area (Å²) in [6, 6.07) is 0. The van der Waals surface area contributed by atoms with Gasteiger partial charge in [0.05, 0.1) is 30.7 Å². The number of aliphatic hydroxyl groups is 1. The smallest absolute Gasteiger partial charge is 0.206 e. The van der Waals surface area contributed by atoms with E-state index in [4.69, 9.17) is 14.8 Å². The fourth-order valence-corrected chi connectivity index (χ4v) is 4.06. The number of ether oxygens (including phenoxy) is 1. The monoisotopic (exact) mass is 334 g/mol. The second-order valence-electron chi connectivity index (χ2n) is 6.45. The summed E-state index contributed by atoms with van der Waals surface area (Å²) in [6.45, 7) is 6.35. The van der Waals surface area contributed by atoms with Crippen molar-refractivity contribution < 1.29 is 15.2 Å². The highest BCUT2D eigenvalue weighted by molar-refractivity contribution is 7.19. The molecule has 4 rings (SSSR count). The molecule has 0 aliphatic carbocycles. The first-order chi connectivity index (χ1) is 11.1. The van der Waals surface area contributed by atoms with Crippen molar-refractivity contribution in [3.8, 4) is 0 Å². The minimum Gasteiger partial charge on any atom is -0.391 e. The SMILES string of the molecule is CC1(C)Cc2c(sc3ncn4nc(C[NH2+]CCO)nc4c23)CO1. The van der Waals surface area contributed by atoms with Crippen LogP contribution >= 0.6 is 11.3 Å². The van der Waals surface area contributed by atoms with Gasteiger partial charge in [0, 0.05) is 11.3 Å². The van der Waals surface area contributed by atoms with E-state index in [9.17, 15) is 0 Å². The van der Waals surface area contributed by atoms with E-state index < -0.39 is 0 Å². The van der Waals surface area contributed by atoms with Gasteiger partial charge in [0.25, 0.3) is 0 Å². The number of fused-ring (bicyclic) bond motifs is 5. The molecule has 1 aliphatic heterocycles. The first-order valence-electron chi connectivity index (χ1n) is 7.78. The largest absolute Gasteiger partial charge is 0.391 e. The second kappa shape index (κ2) is 5.48. The molecule has 0 unspecified atom stereocenters. The standard InChI is InChI=1S/C15H19N5O2S/c1-15(2)5-9-10(7-22-15)23-14-12(9)13-18-11(6-16-3-4-21)19-20(13)8-17-14/h8,16,21H,3-7H2,1-2H3/p+1. The van der Waals surface area contributed by atoms with Crippen LogP contribution in [-0.4, -0.2) is 43.4 Å². The summed E-state index contributed by atoms with van der Waals surface area (Å²) in [5, 5.41) is 16.5. The third kappa shape index (κ3) is 2.61. The molecule has 0 saturated heterocycles. The lowest BCUT2D eigenvalue weighted by atomic mass is 9.94. The van der Waals surface area contributed by atoms with Gasteiger partial charge in [-0.15, -0.1) is 16.4 Å². The van der Waals surface area contributed by atoms with Crippen LogP contribution in [0.15, 0.2) is 6.33 Å². The van der Waals surface area contributed by atoms with Gasteiger partial charge >= 0.3 is 0 Å². The molecule has 0 radical (unpaired) electrons. The van der Waals surface area contributed by atoms with Gasteiger partial charge in [-0.3, -0.25) is 0 Å². The van der Waals surface area contributed by atoms with Crippen LogP contribution in [0, 0.1) is 0 Å². The van der Waals surface area contributed by atoms with Crippen molar-refractivity contribution in [2.24, 2.45) is 0 Å². The maximum Gasteiger partial charge on any atom is 0.206 e. The lowest BCUT2D eigenvalue weighted by Crippen LogP contribution is -2.83. The molecular weight excluding hydrogens is 314 g/mol. The Morgan fingerprint density at radius 2 is 2.35 bits per heavy atom. The van der Waals surface area contributed by atoms with Crippen LogP contribution in [-0.2, 0) is 24.3 Å². The number of aromatic nitrogens is 4. The number of aliphatic hydroxyl groups excluding tert-OH is 1. The summed E-state index contributed by atoms with van der Waals surface area (Å²) in [5.74, 6) is 0.763. The van der Waals surface area contributed by atoms with Gasteiger partial charge in [0.15, 0.2) is 5.65 Å². The second-order valence-corrected chi connectivity index (χ2v) is 7.54. The minimum atomic E-state index is -0.161. The van der Waals surface area contributed by atoms with Gasteiger partial charge in [-0.1, -0.05) is 0 Å². The lowest BCUT2D eigenvalue weighted by Gasteiger charge is -2.30. The van der Waals surface area contributed by atoms with Crippen LogP contribution in [0.5, 0.6) is 0 Å². The Balaban J connectivity index is 1.82. The molecule has 0 spiro atoms. The highest BCUT2D eigenvalue weighted by atomic mass is 32.1. The molecule has 0 amide bonds. The number of thiophene rings is 1. The molecule has 0 atom stereocenters. The Kier molecular flexibility index (Phi) is 3.56. The molecule has 4 heterocycles. The van der Waals surface area contributed by atoms with Gasteiger partial charge in [-0.2, -0.15) is 0 Å².